The number of anilines is 1. The van der Waals surface area contributed by atoms with E-state index in [1.165, 1.54) is 22.2 Å². The monoisotopic (exact) mass is 439 g/mol. The molecule has 4 rings (SSSR count). The van der Waals surface area contributed by atoms with Gasteiger partial charge in [-0.05, 0) is 49.8 Å². The number of ether oxygens (including phenoxy) is 1. The van der Waals surface area contributed by atoms with Gasteiger partial charge in [-0.3, -0.25) is 14.2 Å². The standard InChI is InChI=1S/C23H25N3O4S/c1-3-30-23(29)20-16-9-8-14(2)12-18(16)31-21(20)25-19(27)10-11-26-13-24-17-7-5-4-6-15(17)22(26)28/h4-7,13-14H,3,8-12H2,1-2H3,(H,25,27). The number of hydrogen-bond acceptors (Lipinski definition) is 6. The molecule has 0 fully saturated rings. The normalized spacial score (nSPS) is 15.5. The van der Waals surface area contributed by atoms with E-state index in [1.54, 1.807) is 25.1 Å². The van der Waals surface area contributed by atoms with Gasteiger partial charge in [0.1, 0.15) is 5.00 Å². The summed E-state index contributed by atoms with van der Waals surface area (Å²) in [5.41, 5.74) is 1.95. The van der Waals surface area contributed by atoms with Crippen LogP contribution in [0, 0.1) is 5.92 Å². The summed E-state index contributed by atoms with van der Waals surface area (Å²) in [6.07, 6.45) is 4.30. The Balaban J connectivity index is 1.52. The molecule has 0 aliphatic heterocycles. The molecule has 7 nitrogen and oxygen atoms in total. The van der Waals surface area contributed by atoms with E-state index in [0.29, 0.717) is 27.4 Å². The number of nitrogens with zero attached hydrogens (tertiary/aromatic N) is 2. The smallest absolute Gasteiger partial charge is 0.341 e. The molecule has 8 heteroatoms. The summed E-state index contributed by atoms with van der Waals surface area (Å²) in [6, 6.07) is 7.13. The predicted molar refractivity (Wildman–Crippen MR) is 121 cm³/mol. The van der Waals surface area contributed by atoms with E-state index in [9.17, 15) is 14.4 Å². The van der Waals surface area contributed by atoms with E-state index in [-0.39, 0.29) is 37.0 Å². The Morgan fingerprint density at radius 3 is 2.94 bits per heavy atom. The predicted octanol–water partition coefficient (Wildman–Crippen LogP) is 3.79. The first-order chi connectivity index (χ1) is 15.0. The molecule has 1 aliphatic carbocycles. The van der Waals surface area contributed by atoms with Gasteiger partial charge < -0.3 is 10.1 Å². The number of aryl methyl sites for hydroxylation is 1. The van der Waals surface area contributed by atoms with Gasteiger partial charge in [-0.15, -0.1) is 11.3 Å². The summed E-state index contributed by atoms with van der Waals surface area (Å²) in [7, 11) is 0. The van der Waals surface area contributed by atoms with E-state index in [4.69, 9.17) is 4.74 Å². The highest BCUT2D eigenvalue weighted by Crippen LogP contribution is 2.40. The van der Waals surface area contributed by atoms with Gasteiger partial charge in [-0.2, -0.15) is 0 Å². The molecule has 31 heavy (non-hydrogen) atoms. The first-order valence-electron chi connectivity index (χ1n) is 10.5. The highest BCUT2D eigenvalue weighted by atomic mass is 32.1. The van der Waals surface area contributed by atoms with Crippen LogP contribution in [0.1, 0.15) is 47.5 Å². The van der Waals surface area contributed by atoms with E-state index in [2.05, 4.69) is 17.2 Å². The summed E-state index contributed by atoms with van der Waals surface area (Å²) < 4.78 is 6.69. The van der Waals surface area contributed by atoms with Crippen molar-refractivity contribution in [3.8, 4) is 0 Å². The van der Waals surface area contributed by atoms with Crippen molar-refractivity contribution in [2.24, 2.45) is 5.92 Å². The number of aromatic nitrogens is 2. The van der Waals surface area contributed by atoms with Crippen molar-refractivity contribution in [1.82, 2.24) is 9.55 Å². The Labute approximate surface area is 184 Å². The average Bonchev–Trinajstić information content (AvgIpc) is 3.10. The van der Waals surface area contributed by atoms with Gasteiger partial charge in [0.25, 0.3) is 5.56 Å². The number of benzene rings is 1. The lowest BCUT2D eigenvalue weighted by Gasteiger charge is -2.18. The Morgan fingerprint density at radius 2 is 2.13 bits per heavy atom. The van der Waals surface area contributed by atoms with E-state index < -0.39 is 0 Å². The maximum absolute atomic E-state index is 12.7. The van der Waals surface area contributed by atoms with Gasteiger partial charge in [-0.25, -0.2) is 9.78 Å². The lowest BCUT2D eigenvalue weighted by Crippen LogP contribution is -2.24. The number of carbonyl (C=O) groups excluding carboxylic acids is 2. The molecule has 0 saturated heterocycles. The molecule has 3 aromatic rings. The second-order valence-corrected chi connectivity index (χ2v) is 8.94. The van der Waals surface area contributed by atoms with Gasteiger partial charge in [0.15, 0.2) is 0 Å². The molecule has 1 atom stereocenters. The zero-order valence-electron chi connectivity index (χ0n) is 17.6. The maximum atomic E-state index is 12.7. The van der Waals surface area contributed by atoms with Crippen LogP contribution in [0.4, 0.5) is 5.00 Å². The van der Waals surface area contributed by atoms with Gasteiger partial charge in [-0.1, -0.05) is 19.1 Å². The van der Waals surface area contributed by atoms with Crippen molar-refractivity contribution in [3.05, 3.63) is 57.0 Å². The third-order valence-corrected chi connectivity index (χ3v) is 6.73. The minimum Gasteiger partial charge on any atom is -0.462 e. The van der Waals surface area contributed by atoms with Crippen LogP contribution in [-0.4, -0.2) is 28.0 Å². The zero-order valence-corrected chi connectivity index (χ0v) is 18.5. The molecule has 1 aliphatic rings. The minimum atomic E-state index is -0.389. The molecule has 1 aromatic carbocycles. The molecule has 2 aromatic heterocycles. The van der Waals surface area contributed by atoms with E-state index >= 15 is 0 Å². The summed E-state index contributed by atoms with van der Waals surface area (Å²) in [4.78, 5) is 43.3. The quantitative estimate of drug-likeness (QED) is 0.590. The lowest BCUT2D eigenvalue weighted by atomic mass is 9.88. The molecule has 0 spiro atoms. The van der Waals surface area contributed by atoms with Gasteiger partial charge >= 0.3 is 5.97 Å². The fourth-order valence-electron chi connectivity index (χ4n) is 3.93. The lowest BCUT2D eigenvalue weighted by molar-refractivity contribution is -0.116. The van der Waals surface area contributed by atoms with Crippen molar-refractivity contribution >= 4 is 39.1 Å². The van der Waals surface area contributed by atoms with Crippen LogP contribution in [0.2, 0.25) is 0 Å². The van der Waals surface area contributed by atoms with Crippen LogP contribution in [0.3, 0.4) is 0 Å². The fourth-order valence-corrected chi connectivity index (χ4v) is 5.35. The molecule has 1 N–H and O–H groups in total. The number of thiophene rings is 1. The van der Waals surface area contributed by atoms with Crippen LogP contribution in [0.15, 0.2) is 35.4 Å². The molecule has 0 saturated carbocycles. The second kappa shape index (κ2) is 9.01. The summed E-state index contributed by atoms with van der Waals surface area (Å²) >= 11 is 1.46. The Morgan fingerprint density at radius 1 is 1.32 bits per heavy atom. The highest BCUT2D eigenvalue weighted by molar-refractivity contribution is 7.17. The molecule has 162 valence electrons. The first kappa shape index (κ1) is 21.2. The topological polar surface area (TPSA) is 90.3 Å². The van der Waals surface area contributed by atoms with Crippen LogP contribution >= 0.6 is 11.3 Å². The number of hydrogen-bond donors (Lipinski definition) is 1. The third-order valence-electron chi connectivity index (χ3n) is 5.56. The Bertz CT molecular complexity index is 1200. The minimum absolute atomic E-state index is 0.0984. The van der Waals surface area contributed by atoms with Gasteiger partial charge in [0, 0.05) is 17.8 Å². The molecule has 1 unspecified atom stereocenters. The molecule has 2 heterocycles. The van der Waals surface area contributed by atoms with E-state index in [0.717, 1.165) is 29.7 Å². The molecule has 0 radical (unpaired) electrons. The SMILES string of the molecule is CCOC(=O)c1c(NC(=O)CCn2cnc3ccccc3c2=O)sc2c1CCC(C)C2. The summed E-state index contributed by atoms with van der Waals surface area (Å²) in [5, 5.41) is 3.96. The van der Waals surface area contributed by atoms with Crippen molar-refractivity contribution in [2.45, 2.75) is 46.1 Å². The molecule has 0 bridgehead atoms. The number of para-hydroxylation sites is 1. The Kier molecular flexibility index (Phi) is 6.18. The number of nitrogens with one attached hydrogen (secondary N) is 1. The number of amides is 1. The number of esters is 1. The summed E-state index contributed by atoms with van der Waals surface area (Å²) in [6.45, 7) is 4.46. The first-order valence-corrected chi connectivity index (χ1v) is 11.3. The van der Waals surface area contributed by atoms with Crippen molar-refractivity contribution < 1.29 is 14.3 Å². The second-order valence-electron chi connectivity index (χ2n) is 7.83. The van der Waals surface area contributed by atoms with Crippen LogP contribution in [-0.2, 0) is 28.9 Å². The third kappa shape index (κ3) is 4.39. The number of carbonyl (C=O) groups is 2. The zero-order chi connectivity index (χ0) is 22.0. The Hall–Kier alpha value is -3.00. The molecular formula is C23H25N3O4S. The van der Waals surface area contributed by atoms with Crippen molar-refractivity contribution in [3.63, 3.8) is 0 Å². The van der Waals surface area contributed by atoms with Crippen LogP contribution in [0.5, 0.6) is 0 Å². The van der Waals surface area contributed by atoms with E-state index in [1.807, 2.05) is 6.07 Å². The van der Waals surface area contributed by atoms with Crippen molar-refractivity contribution in [2.75, 3.05) is 11.9 Å². The number of rotatable bonds is 6. The fraction of sp³-hybridized carbons (Fsp3) is 0.391. The number of fused-ring (bicyclic) bond motifs is 2. The molecule has 1 amide bonds. The van der Waals surface area contributed by atoms with Gasteiger partial charge in [0.2, 0.25) is 5.91 Å². The van der Waals surface area contributed by atoms with Crippen LogP contribution in [0.25, 0.3) is 10.9 Å². The van der Waals surface area contributed by atoms with Crippen molar-refractivity contribution in [1.29, 1.82) is 0 Å². The highest BCUT2D eigenvalue weighted by Gasteiger charge is 2.29. The van der Waals surface area contributed by atoms with Crippen LogP contribution < -0.4 is 10.9 Å². The average molecular weight is 440 g/mol. The summed E-state index contributed by atoms with van der Waals surface area (Å²) in [5.74, 6) is -0.0888. The maximum Gasteiger partial charge on any atom is 0.341 e. The molecular weight excluding hydrogens is 414 g/mol. The largest absolute Gasteiger partial charge is 0.462 e. The van der Waals surface area contributed by atoms with Gasteiger partial charge in [0.05, 0.1) is 29.4 Å².